The molecule has 0 saturated heterocycles. The number of rotatable bonds is 6. The zero-order valence-corrected chi connectivity index (χ0v) is 17.4. The fraction of sp³-hybridized carbons (Fsp3) is 0.200. The number of phenols is 1. The number of benzene rings is 2. The lowest BCUT2D eigenvalue weighted by Crippen LogP contribution is -2.14. The summed E-state index contributed by atoms with van der Waals surface area (Å²) in [7, 11) is 1.47. The molecule has 0 fully saturated rings. The van der Waals surface area contributed by atoms with E-state index in [0.29, 0.717) is 20.9 Å². The fourth-order valence-corrected chi connectivity index (χ4v) is 3.80. The number of carbonyl (C=O) groups excluding carboxylic acids is 1. The lowest BCUT2D eigenvalue weighted by molar-refractivity contribution is -0.115. The second-order valence-electron chi connectivity index (χ2n) is 5.93. The van der Waals surface area contributed by atoms with E-state index >= 15 is 0 Å². The highest BCUT2D eigenvalue weighted by molar-refractivity contribution is 9.10. The summed E-state index contributed by atoms with van der Waals surface area (Å²) >= 11 is 4.75. The van der Waals surface area contributed by atoms with Crippen LogP contribution < -0.4 is 10.1 Å². The van der Waals surface area contributed by atoms with Crippen LogP contribution in [-0.4, -0.2) is 23.1 Å². The summed E-state index contributed by atoms with van der Waals surface area (Å²) in [6.45, 7) is 2.12. The molecule has 0 atom stereocenters. The number of anilines is 1. The number of ether oxygens (including phenoxy) is 1. The van der Waals surface area contributed by atoms with E-state index in [1.165, 1.54) is 30.1 Å². The van der Waals surface area contributed by atoms with Crippen LogP contribution in [0.4, 0.5) is 5.13 Å². The van der Waals surface area contributed by atoms with Crippen LogP contribution in [0.25, 0.3) is 11.3 Å². The Kier molecular flexibility index (Phi) is 6.13. The van der Waals surface area contributed by atoms with Crippen molar-refractivity contribution in [2.45, 2.75) is 19.8 Å². The van der Waals surface area contributed by atoms with Crippen molar-refractivity contribution >= 4 is 38.3 Å². The van der Waals surface area contributed by atoms with Gasteiger partial charge in [-0.3, -0.25) is 4.79 Å². The van der Waals surface area contributed by atoms with Gasteiger partial charge in [-0.15, -0.1) is 11.3 Å². The van der Waals surface area contributed by atoms with Gasteiger partial charge in [-0.2, -0.15) is 0 Å². The van der Waals surface area contributed by atoms with Crippen LogP contribution in [0, 0.1) is 0 Å². The van der Waals surface area contributed by atoms with Gasteiger partial charge in [-0.1, -0.05) is 47.1 Å². The number of carbonyl (C=O) groups is 1. The number of aromatic hydroxyl groups is 1. The van der Waals surface area contributed by atoms with Crippen LogP contribution >= 0.6 is 27.3 Å². The van der Waals surface area contributed by atoms with Gasteiger partial charge in [0.25, 0.3) is 0 Å². The first kappa shape index (κ1) is 19.4. The molecule has 27 heavy (non-hydrogen) atoms. The summed E-state index contributed by atoms with van der Waals surface area (Å²) in [5.41, 5.74) is 3.85. The number of halogens is 1. The number of thiazole rings is 1. The van der Waals surface area contributed by atoms with Crippen molar-refractivity contribution in [1.82, 2.24) is 4.98 Å². The molecule has 0 unspecified atom stereocenters. The Morgan fingerprint density at radius 1 is 1.30 bits per heavy atom. The van der Waals surface area contributed by atoms with E-state index in [0.717, 1.165) is 17.7 Å². The highest BCUT2D eigenvalue weighted by Gasteiger charge is 2.13. The highest BCUT2D eigenvalue weighted by atomic mass is 79.9. The second-order valence-corrected chi connectivity index (χ2v) is 7.64. The minimum Gasteiger partial charge on any atom is -0.504 e. The summed E-state index contributed by atoms with van der Waals surface area (Å²) < 4.78 is 5.74. The summed E-state index contributed by atoms with van der Waals surface area (Å²) in [6, 6.07) is 11.4. The molecule has 0 radical (unpaired) electrons. The maximum atomic E-state index is 12.4. The topological polar surface area (TPSA) is 71.5 Å². The molecular weight excluding hydrogens is 428 g/mol. The molecule has 0 aliphatic carbocycles. The molecule has 0 bridgehead atoms. The molecule has 3 aromatic rings. The molecule has 7 heteroatoms. The third-order valence-corrected chi connectivity index (χ3v) is 5.60. The van der Waals surface area contributed by atoms with E-state index < -0.39 is 0 Å². The number of aromatic nitrogens is 1. The smallest absolute Gasteiger partial charge is 0.230 e. The van der Waals surface area contributed by atoms with Gasteiger partial charge in [-0.25, -0.2) is 4.98 Å². The highest BCUT2D eigenvalue weighted by Crippen LogP contribution is 2.33. The zero-order chi connectivity index (χ0) is 19.4. The zero-order valence-electron chi connectivity index (χ0n) is 15.0. The van der Waals surface area contributed by atoms with Gasteiger partial charge < -0.3 is 15.2 Å². The number of hydrogen-bond donors (Lipinski definition) is 2. The van der Waals surface area contributed by atoms with Gasteiger partial charge >= 0.3 is 0 Å². The minimum absolute atomic E-state index is 0.0205. The van der Waals surface area contributed by atoms with Gasteiger partial charge in [0.1, 0.15) is 0 Å². The van der Waals surface area contributed by atoms with E-state index in [1.54, 1.807) is 6.07 Å². The van der Waals surface area contributed by atoms with Gasteiger partial charge in [0.2, 0.25) is 5.91 Å². The average Bonchev–Trinajstić information content (AvgIpc) is 3.12. The number of nitrogens with one attached hydrogen (secondary N) is 1. The lowest BCUT2D eigenvalue weighted by Gasteiger charge is -2.09. The third-order valence-electron chi connectivity index (χ3n) is 4.11. The van der Waals surface area contributed by atoms with Crippen LogP contribution in [0.15, 0.2) is 46.3 Å². The van der Waals surface area contributed by atoms with E-state index in [-0.39, 0.29) is 18.1 Å². The Labute approximate surface area is 170 Å². The molecule has 1 heterocycles. The van der Waals surface area contributed by atoms with Crippen molar-refractivity contribution in [2.24, 2.45) is 0 Å². The van der Waals surface area contributed by atoms with E-state index in [4.69, 9.17) is 4.74 Å². The summed E-state index contributed by atoms with van der Waals surface area (Å²) in [5, 5.41) is 15.1. The van der Waals surface area contributed by atoms with Gasteiger partial charge in [0, 0.05) is 15.4 Å². The second kappa shape index (κ2) is 8.54. The van der Waals surface area contributed by atoms with Gasteiger partial charge in [0.15, 0.2) is 16.6 Å². The van der Waals surface area contributed by atoms with E-state index in [9.17, 15) is 9.90 Å². The molecular formula is C20H19BrN2O3S. The molecule has 1 aromatic heterocycles. The van der Waals surface area contributed by atoms with Gasteiger partial charge in [0.05, 0.1) is 19.2 Å². The predicted molar refractivity (Wildman–Crippen MR) is 112 cm³/mol. The Bertz CT molecular complexity index is 954. The normalized spacial score (nSPS) is 10.6. The third kappa shape index (κ3) is 4.67. The largest absolute Gasteiger partial charge is 0.504 e. The molecule has 0 spiro atoms. The summed E-state index contributed by atoms with van der Waals surface area (Å²) in [5.74, 6) is 0.158. The molecule has 0 aliphatic heterocycles. The average molecular weight is 447 g/mol. The Balaban J connectivity index is 1.69. The van der Waals surface area contributed by atoms with Crippen LogP contribution in [-0.2, 0) is 17.6 Å². The number of amides is 1. The van der Waals surface area contributed by atoms with Crippen LogP contribution in [0.2, 0.25) is 0 Å². The van der Waals surface area contributed by atoms with E-state index in [2.05, 4.69) is 45.3 Å². The fourth-order valence-electron chi connectivity index (χ4n) is 2.60. The number of aryl methyl sites for hydroxylation is 1. The molecule has 140 valence electrons. The number of hydrogen-bond acceptors (Lipinski definition) is 5. The first-order valence-corrected chi connectivity index (χ1v) is 10.1. The van der Waals surface area contributed by atoms with Gasteiger partial charge in [-0.05, 0) is 29.7 Å². The van der Waals surface area contributed by atoms with Crippen molar-refractivity contribution in [2.75, 3.05) is 12.4 Å². The Morgan fingerprint density at radius 3 is 2.70 bits per heavy atom. The predicted octanol–water partition coefficient (Wildman–Crippen LogP) is 5.03. The van der Waals surface area contributed by atoms with Crippen molar-refractivity contribution in [1.29, 1.82) is 0 Å². The van der Waals surface area contributed by atoms with Crippen LogP contribution in [0.5, 0.6) is 11.5 Å². The molecule has 2 aromatic carbocycles. The molecule has 5 nitrogen and oxygen atoms in total. The van der Waals surface area contributed by atoms with Crippen LogP contribution in [0.1, 0.15) is 18.1 Å². The van der Waals surface area contributed by atoms with Crippen molar-refractivity contribution in [3.63, 3.8) is 0 Å². The van der Waals surface area contributed by atoms with Crippen molar-refractivity contribution < 1.29 is 14.6 Å². The monoisotopic (exact) mass is 446 g/mol. The number of methoxy groups -OCH3 is 1. The number of nitrogens with zero attached hydrogens (tertiary/aromatic N) is 1. The molecule has 3 rings (SSSR count). The first-order chi connectivity index (χ1) is 13.0. The Morgan fingerprint density at radius 2 is 2.04 bits per heavy atom. The molecule has 1 amide bonds. The van der Waals surface area contributed by atoms with Crippen molar-refractivity contribution in [3.8, 4) is 22.8 Å². The maximum absolute atomic E-state index is 12.4. The Hall–Kier alpha value is -2.38. The SMILES string of the molecule is CCc1ccc(-c2csc(NC(=O)Cc3cc(OC)c(O)cc3Br)n2)cc1. The summed E-state index contributed by atoms with van der Waals surface area (Å²) in [6.07, 6.45) is 1.13. The first-order valence-electron chi connectivity index (χ1n) is 8.40. The number of phenolic OH excluding ortho intramolecular Hbond substituents is 1. The molecule has 0 saturated carbocycles. The lowest BCUT2D eigenvalue weighted by atomic mass is 10.1. The summed E-state index contributed by atoms with van der Waals surface area (Å²) in [4.78, 5) is 16.9. The molecule has 0 aliphatic rings. The maximum Gasteiger partial charge on any atom is 0.230 e. The molecule has 2 N–H and O–H groups in total. The minimum atomic E-state index is -0.189. The quantitative estimate of drug-likeness (QED) is 0.556. The van der Waals surface area contributed by atoms with E-state index in [1.807, 2.05) is 17.5 Å². The van der Waals surface area contributed by atoms with Crippen LogP contribution in [0.3, 0.4) is 0 Å². The standard InChI is InChI=1S/C20H19BrN2O3S/c1-3-12-4-6-13(7-5-12)16-11-27-20(22-16)23-19(25)9-14-8-18(26-2)17(24)10-15(14)21/h4-8,10-11,24H,3,9H2,1-2H3,(H,22,23,25). The van der Waals surface area contributed by atoms with Crippen molar-refractivity contribution in [3.05, 3.63) is 57.4 Å².